The van der Waals surface area contributed by atoms with Gasteiger partial charge in [-0.3, -0.25) is 0 Å². The van der Waals surface area contributed by atoms with Crippen molar-refractivity contribution in [1.29, 1.82) is 5.26 Å². The average Bonchev–Trinajstić information content (AvgIpc) is 3.38. The van der Waals surface area contributed by atoms with Crippen LogP contribution >= 0.6 is 0 Å². The largest absolute Gasteiger partial charge is 0.465 e. The number of sulfonamides is 1. The van der Waals surface area contributed by atoms with Gasteiger partial charge in [-0.05, 0) is 50.3 Å². The Balaban J connectivity index is 2.48. The Labute approximate surface area is 136 Å². The number of esters is 1. The fraction of sp³-hybridized carbons (Fsp3) is 0.500. The molecular formula is C16H20N2O4S. The lowest BCUT2D eigenvalue weighted by molar-refractivity contribution is 0.0599. The van der Waals surface area contributed by atoms with Gasteiger partial charge in [-0.25, -0.2) is 13.2 Å². The van der Waals surface area contributed by atoms with Gasteiger partial charge < -0.3 is 4.74 Å². The number of benzene rings is 1. The van der Waals surface area contributed by atoms with Crippen molar-refractivity contribution in [3.63, 3.8) is 0 Å². The summed E-state index contributed by atoms with van der Waals surface area (Å²) >= 11 is 0. The molecule has 124 valence electrons. The second kappa shape index (κ2) is 5.95. The summed E-state index contributed by atoms with van der Waals surface area (Å²) < 4.78 is 31.5. The number of rotatable bonds is 5. The molecule has 0 aliphatic heterocycles. The Hall–Kier alpha value is -1.91. The molecule has 0 N–H and O–H groups in total. The summed E-state index contributed by atoms with van der Waals surface area (Å²) in [5.41, 5.74) is -0.259. The second-order valence-corrected chi connectivity index (χ2v) is 7.94. The van der Waals surface area contributed by atoms with Crippen molar-refractivity contribution < 1.29 is 17.9 Å². The standard InChI is InChI=1S/C16H20N2O4S/c1-11-5-8-13(9-14(11)15(19)22-4)23(20,21)18(3)16(2,10-17)12-6-7-12/h5,8-9,12H,6-7H2,1-4H3. The molecule has 0 amide bonds. The number of carbonyl (C=O) groups is 1. The van der Waals surface area contributed by atoms with Crippen LogP contribution in [0.3, 0.4) is 0 Å². The summed E-state index contributed by atoms with van der Waals surface area (Å²) in [6.07, 6.45) is 1.68. The zero-order chi connectivity index (χ0) is 17.4. The Morgan fingerprint density at radius 3 is 2.52 bits per heavy atom. The van der Waals surface area contributed by atoms with Crippen LogP contribution in [-0.4, -0.2) is 38.4 Å². The Bertz CT molecular complexity index is 778. The molecule has 1 saturated carbocycles. The maximum atomic E-state index is 12.9. The molecule has 1 aromatic rings. The lowest BCUT2D eigenvalue weighted by Gasteiger charge is -2.32. The second-order valence-electron chi connectivity index (χ2n) is 5.97. The highest BCUT2D eigenvalue weighted by molar-refractivity contribution is 7.89. The van der Waals surface area contributed by atoms with Crippen LogP contribution in [0.2, 0.25) is 0 Å². The monoisotopic (exact) mass is 336 g/mol. The van der Waals surface area contributed by atoms with E-state index >= 15 is 0 Å². The topological polar surface area (TPSA) is 87.5 Å². The number of nitriles is 1. The number of methoxy groups -OCH3 is 1. The highest BCUT2D eigenvalue weighted by Crippen LogP contribution is 2.44. The summed E-state index contributed by atoms with van der Waals surface area (Å²) in [5, 5.41) is 9.47. The first kappa shape index (κ1) is 17.4. The molecule has 0 bridgehead atoms. The highest BCUT2D eigenvalue weighted by Gasteiger charge is 2.49. The smallest absolute Gasteiger partial charge is 0.338 e. The molecule has 1 fully saturated rings. The fourth-order valence-corrected chi connectivity index (χ4v) is 4.08. The number of hydrogen-bond acceptors (Lipinski definition) is 5. The zero-order valence-electron chi connectivity index (χ0n) is 13.7. The summed E-state index contributed by atoms with van der Waals surface area (Å²) in [5.74, 6) is -0.551. The van der Waals surface area contributed by atoms with Crippen molar-refractivity contribution in [2.45, 2.75) is 37.1 Å². The number of hydrogen-bond donors (Lipinski definition) is 0. The van der Waals surface area contributed by atoms with Crippen LogP contribution in [-0.2, 0) is 14.8 Å². The molecule has 1 aromatic carbocycles. The van der Waals surface area contributed by atoms with Crippen molar-refractivity contribution in [3.05, 3.63) is 29.3 Å². The molecule has 0 radical (unpaired) electrons. The Morgan fingerprint density at radius 2 is 2.04 bits per heavy atom. The van der Waals surface area contributed by atoms with E-state index in [4.69, 9.17) is 0 Å². The van der Waals surface area contributed by atoms with E-state index in [0.717, 1.165) is 17.1 Å². The minimum Gasteiger partial charge on any atom is -0.465 e. The van der Waals surface area contributed by atoms with Crippen LogP contribution in [0.1, 0.15) is 35.7 Å². The van der Waals surface area contributed by atoms with Gasteiger partial charge in [0, 0.05) is 7.05 Å². The third-order valence-corrected chi connectivity index (χ3v) is 6.48. The molecule has 1 aliphatic rings. The highest BCUT2D eigenvalue weighted by atomic mass is 32.2. The molecule has 6 nitrogen and oxygen atoms in total. The van der Waals surface area contributed by atoms with Gasteiger partial charge in [0.25, 0.3) is 0 Å². The lowest BCUT2D eigenvalue weighted by atomic mass is 9.99. The van der Waals surface area contributed by atoms with Gasteiger partial charge >= 0.3 is 5.97 Å². The van der Waals surface area contributed by atoms with Gasteiger partial charge in [0.15, 0.2) is 0 Å². The molecule has 2 rings (SSSR count). The van der Waals surface area contributed by atoms with Gasteiger partial charge in [0.2, 0.25) is 10.0 Å². The van der Waals surface area contributed by atoms with Crippen LogP contribution in [0.15, 0.2) is 23.1 Å². The number of carbonyl (C=O) groups excluding carboxylic acids is 1. The Morgan fingerprint density at radius 1 is 1.43 bits per heavy atom. The summed E-state index contributed by atoms with van der Waals surface area (Å²) in [6.45, 7) is 3.34. The molecule has 23 heavy (non-hydrogen) atoms. The van der Waals surface area contributed by atoms with E-state index in [1.165, 1.54) is 26.3 Å². The third-order valence-electron chi connectivity index (χ3n) is 4.53. The van der Waals surface area contributed by atoms with Crippen molar-refractivity contribution in [1.82, 2.24) is 4.31 Å². The normalized spacial score (nSPS) is 17.4. The quantitative estimate of drug-likeness (QED) is 0.768. The summed E-state index contributed by atoms with van der Waals surface area (Å²) in [7, 11) is -1.24. The fourth-order valence-electron chi connectivity index (χ4n) is 2.56. The molecule has 0 heterocycles. The maximum absolute atomic E-state index is 12.9. The zero-order valence-corrected chi connectivity index (χ0v) is 14.5. The van der Waals surface area contributed by atoms with Crippen LogP contribution in [0, 0.1) is 24.2 Å². The van der Waals surface area contributed by atoms with Gasteiger partial charge in [-0.2, -0.15) is 9.57 Å². The first-order valence-electron chi connectivity index (χ1n) is 7.27. The molecule has 1 aliphatic carbocycles. The summed E-state index contributed by atoms with van der Waals surface area (Å²) in [4.78, 5) is 11.8. The number of nitrogens with zero attached hydrogens (tertiary/aromatic N) is 2. The van der Waals surface area contributed by atoms with Crippen LogP contribution in [0.4, 0.5) is 0 Å². The van der Waals surface area contributed by atoms with Gasteiger partial charge in [0.1, 0.15) is 5.54 Å². The average molecular weight is 336 g/mol. The third kappa shape index (κ3) is 2.96. The van der Waals surface area contributed by atoms with E-state index < -0.39 is 21.5 Å². The van der Waals surface area contributed by atoms with E-state index in [9.17, 15) is 18.5 Å². The van der Waals surface area contributed by atoms with Gasteiger partial charge in [-0.15, -0.1) is 0 Å². The van der Waals surface area contributed by atoms with Crippen LogP contribution < -0.4 is 0 Å². The minimum atomic E-state index is -3.89. The maximum Gasteiger partial charge on any atom is 0.338 e. The van der Waals surface area contributed by atoms with Gasteiger partial charge in [0.05, 0.1) is 23.6 Å². The Kier molecular flexibility index (Phi) is 4.51. The molecule has 0 saturated heterocycles. The van der Waals surface area contributed by atoms with E-state index in [2.05, 4.69) is 10.8 Å². The molecular weight excluding hydrogens is 316 g/mol. The van der Waals surface area contributed by atoms with E-state index in [0.29, 0.717) is 5.56 Å². The van der Waals surface area contributed by atoms with Crippen molar-refractivity contribution >= 4 is 16.0 Å². The van der Waals surface area contributed by atoms with Crippen LogP contribution in [0.25, 0.3) is 0 Å². The summed E-state index contributed by atoms with van der Waals surface area (Å²) in [6, 6.07) is 6.44. The first-order chi connectivity index (χ1) is 10.7. The van der Waals surface area contributed by atoms with E-state index in [1.54, 1.807) is 19.9 Å². The van der Waals surface area contributed by atoms with E-state index in [-0.39, 0.29) is 16.4 Å². The molecule has 0 aromatic heterocycles. The SMILES string of the molecule is COC(=O)c1cc(S(=O)(=O)N(C)C(C)(C#N)C2CC2)ccc1C. The van der Waals surface area contributed by atoms with Crippen molar-refractivity contribution in [2.24, 2.45) is 5.92 Å². The molecule has 0 spiro atoms. The minimum absolute atomic E-state index is 0.0203. The number of ether oxygens (including phenoxy) is 1. The lowest BCUT2D eigenvalue weighted by Crippen LogP contribution is -2.47. The van der Waals surface area contributed by atoms with Crippen molar-refractivity contribution in [3.8, 4) is 6.07 Å². The molecule has 7 heteroatoms. The first-order valence-corrected chi connectivity index (χ1v) is 8.71. The van der Waals surface area contributed by atoms with Crippen LogP contribution in [0.5, 0.6) is 0 Å². The molecule has 1 atom stereocenters. The van der Waals surface area contributed by atoms with Crippen molar-refractivity contribution in [2.75, 3.05) is 14.2 Å². The van der Waals surface area contributed by atoms with E-state index in [1.807, 2.05) is 0 Å². The molecule has 1 unspecified atom stereocenters. The number of aryl methyl sites for hydroxylation is 1. The van der Waals surface area contributed by atoms with Gasteiger partial charge in [-0.1, -0.05) is 6.07 Å². The predicted octanol–water partition coefficient (Wildman–Crippen LogP) is 2.09. The predicted molar refractivity (Wildman–Crippen MR) is 84.2 cm³/mol.